The molecular weight excluding hydrogens is 691 g/mol. The summed E-state index contributed by atoms with van der Waals surface area (Å²) in [4.78, 5) is 45.6. The van der Waals surface area contributed by atoms with Crippen LogP contribution in [0.5, 0.6) is 0 Å². The van der Waals surface area contributed by atoms with Crippen LogP contribution in [0.2, 0.25) is 5.04 Å². The van der Waals surface area contributed by atoms with Crippen LogP contribution in [-0.4, -0.2) is 64.7 Å². The number of hydrogen-bond donors (Lipinski definition) is 3. The molecule has 0 saturated heterocycles. The van der Waals surface area contributed by atoms with E-state index in [2.05, 4.69) is 65.0 Å². The van der Waals surface area contributed by atoms with E-state index in [1.54, 1.807) is 31.2 Å². The Kier molecular flexibility index (Phi) is 10.8. The van der Waals surface area contributed by atoms with Gasteiger partial charge in [-0.25, -0.2) is 4.98 Å². The van der Waals surface area contributed by atoms with Gasteiger partial charge in [-0.15, -0.1) is 0 Å². The molecule has 10 nitrogen and oxygen atoms in total. The van der Waals surface area contributed by atoms with Crippen molar-refractivity contribution in [2.24, 2.45) is 0 Å². The Morgan fingerprint density at radius 3 is 2.08 bits per heavy atom. The molecule has 1 aliphatic heterocycles. The average molecular weight is 734 g/mol. The lowest BCUT2D eigenvalue weighted by molar-refractivity contribution is -0.128. The van der Waals surface area contributed by atoms with Gasteiger partial charge in [-0.3, -0.25) is 14.4 Å². The maximum Gasteiger partial charge on any atom is 0.261 e. The Morgan fingerprint density at radius 2 is 1.54 bits per heavy atom. The van der Waals surface area contributed by atoms with E-state index in [1.165, 1.54) is 23.4 Å². The number of anilines is 1. The quantitative estimate of drug-likeness (QED) is 0.150. The summed E-state index contributed by atoms with van der Waals surface area (Å²) < 4.78 is 11.6. The normalized spacial score (nSPS) is 14.1. The molecule has 6 rings (SSSR count). The molecule has 1 aromatic heterocycles. The van der Waals surface area contributed by atoms with E-state index in [0.29, 0.717) is 22.1 Å². The highest BCUT2D eigenvalue weighted by molar-refractivity contribution is 7.05. The number of carbonyl (C=O) groups excluding carboxylic acids is 3. The Hall–Kier alpha value is -5.01. The first-order valence-corrected chi connectivity index (χ1v) is 19.9. The van der Waals surface area contributed by atoms with E-state index in [-0.39, 0.29) is 30.0 Å². The van der Waals surface area contributed by atoms with Crippen LogP contribution >= 0.6 is 11.5 Å². The van der Waals surface area contributed by atoms with Crippen LogP contribution < -0.4 is 21.0 Å². The molecule has 4 aromatic carbocycles. The average Bonchev–Trinajstić information content (AvgIpc) is 3.71. The van der Waals surface area contributed by atoms with Gasteiger partial charge in [0.2, 0.25) is 11.8 Å². The molecule has 0 fully saturated rings. The molecule has 12 heteroatoms. The topological polar surface area (TPSA) is 134 Å². The molecule has 2 unspecified atom stereocenters. The zero-order valence-corrected chi connectivity index (χ0v) is 31.7. The summed E-state index contributed by atoms with van der Waals surface area (Å²) in [5.41, 5.74) is 3.59. The summed E-state index contributed by atoms with van der Waals surface area (Å²) in [5, 5.41) is 19.0. The van der Waals surface area contributed by atoms with Crippen LogP contribution in [0.25, 0.3) is 11.1 Å². The van der Waals surface area contributed by atoms with E-state index in [1.807, 2.05) is 54.6 Å². The SMILES string of the molecule is CC(=O)Nc1ccc(-c2cccc3c2CN(C(CO)C(=O)NC(CO[Si](c2ccccc2)(c2ccccc2)C(C)(C)C)c2nc(C)ns2)C3=O)cc1. The van der Waals surface area contributed by atoms with Gasteiger partial charge in [0.25, 0.3) is 14.2 Å². The second kappa shape index (κ2) is 15.3. The number of amides is 3. The number of benzene rings is 4. The number of aliphatic hydroxyl groups is 1. The molecular formula is C40H43N5O5SSi. The lowest BCUT2D eigenvalue weighted by Gasteiger charge is -2.43. The Labute approximate surface area is 309 Å². The van der Waals surface area contributed by atoms with E-state index >= 15 is 0 Å². The van der Waals surface area contributed by atoms with Crippen molar-refractivity contribution in [3.63, 3.8) is 0 Å². The summed E-state index contributed by atoms with van der Waals surface area (Å²) in [6.45, 7) is 9.46. The molecule has 2 atom stereocenters. The summed E-state index contributed by atoms with van der Waals surface area (Å²) in [7, 11) is -2.98. The number of aliphatic hydroxyl groups excluding tert-OH is 1. The minimum atomic E-state index is -2.98. The van der Waals surface area contributed by atoms with Gasteiger partial charge in [0.15, 0.2) is 0 Å². The van der Waals surface area contributed by atoms with Crippen LogP contribution in [0.15, 0.2) is 103 Å². The van der Waals surface area contributed by atoms with Gasteiger partial charge in [-0.1, -0.05) is 106 Å². The Balaban J connectivity index is 1.28. The lowest BCUT2D eigenvalue weighted by Crippen LogP contribution is -2.67. The fourth-order valence-electron chi connectivity index (χ4n) is 7.00. The maximum absolute atomic E-state index is 14.2. The van der Waals surface area contributed by atoms with E-state index in [4.69, 9.17) is 4.43 Å². The molecule has 52 heavy (non-hydrogen) atoms. The molecule has 0 spiro atoms. The van der Waals surface area contributed by atoms with Crippen molar-refractivity contribution in [2.75, 3.05) is 18.5 Å². The largest absolute Gasteiger partial charge is 0.405 e. The molecule has 0 aliphatic carbocycles. The molecule has 5 aromatic rings. The van der Waals surface area contributed by atoms with Crippen molar-refractivity contribution in [1.29, 1.82) is 0 Å². The zero-order valence-electron chi connectivity index (χ0n) is 29.9. The molecule has 268 valence electrons. The summed E-state index contributed by atoms with van der Waals surface area (Å²) in [6, 6.07) is 31.5. The number of nitrogens with zero attached hydrogens (tertiary/aromatic N) is 3. The van der Waals surface area contributed by atoms with Gasteiger partial charge >= 0.3 is 0 Å². The fraction of sp³-hybridized carbons (Fsp3) is 0.275. The Bertz CT molecular complexity index is 2010. The predicted molar refractivity (Wildman–Crippen MR) is 206 cm³/mol. The van der Waals surface area contributed by atoms with Crippen molar-refractivity contribution >= 4 is 53.6 Å². The van der Waals surface area contributed by atoms with Crippen LogP contribution in [-0.2, 0) is 20.6 Å². The summed E-state index contributed by atoms with van der Waals surface area (Å²) >= 11 is 1.19. The highest BCUT2D eigenvalue weighted by Gasteiger charge is 2.50. The molecule has 2 heterocycles. The first-order chi connectivity index (χ1) is 24.9. The number of carbonyl (C=O) groups is 3. The number of rotatable bonds is 12. The van der Waals surface area contributed by atoms with E-state index in [9.17, 15) is 19.5 Å². The molecule has 1 aliphatic rings. The van der Waals surface area contributed by atoms with Crippen LogP contribution in [0.4, 0.5) is 5.69 Å². The smallest absolute Gasteiger partial charge is 0.261 e. The van der Waals surface area contributed by atoms with Gasteiger partial charge in [-0.05, 0) is 68.8 Å². The van der Waals surface area contributed by atoms with Crippen LogP contribution in [0, 0.1) is 6.92 Å². The highest BCUT2D eigenvalue weighted by Crippen LogP contribution is 2.38. The molecule has 0 bridgehead atoms. The van der Waals surface area contributed by atoms with Crippen molar-refractivity contribution in [3.05, 3.63) is 125 Å². The molecule has 3 N–H and O–H groups in total. The molecule has 3 amide bonds. The third-order valence-corrected chi connectivity index (χ3v) is 15.3. The summed E-state index contributed by atoms with van der Waals surface area (Å²) in [6.07, 6.45) is 0. The molecule has 0 saturated carbocycles. The fourth-order valence-corrected chi connectivity index (χ4v) is 12.3. The van der Waals surface area contributed by atoms with Gasteiger partial charge in [-0.2, -0.15) is 4.37 Å². The maximum atomic E-state index is 14.2. The third-order valence-electron chi connectivity index (χ3n) is 9.41. The van der Waals surface area contributed by atoms with Crippen molar-refractivity contribution in [3.8, 4) is 11.1 Å². The van der Waals surface area contributed by atoms with Crippen molar-refractivity contribution in [2.45, 2.75) is 58.3 Å². The number of hydrogen-bond acceptors (Lipinski definition) is 8. The zero-order chi connectivity index (χ0) is 37.0. The van der Waals surface area contributed by atoms with Crippen molar-refractivity contribution in [1.82, 2.24) is 19.6 Å². The van der Waals surface area contributed by atoms with Gasteiger partial charge < -0.3 is 25.1 Å². The number of nitrogens with one attached hydrogen (secondary N) is 2. The molecule has 0 radical (unpaired) electrons. The minimum Gasteiger partial charge on any atom is -0.405 e. The van der Waals surface area contributed by atoms with Crippen molar-refractivity contribution < 1.29 is 23.9 Å². The third kappa shape index (κ3) is 7.33. The van der Waals surface area contributed by atoms with Crippen LogP contribution in [0.1, 0.15) is 60.5 Å². The monoisotopic (exact) mass is 733 g/mol. The van der Waals surface area contributed by atoms with Gasteiger partial charge in [0.05, 0.1) is 13.2 Å². The van der Waals surface area contributed by atoms with Gasteiger partial charge in [0, 0.05) is 24.7 Å². The predicted octanol–water partition coefficient (Wildman–Crippen LogP) is 5.22. The van der Waals surface area contributed by atoms with Gasteiger partial charge in [0.1, 0.15) is 22.9 Å². The first-order valence-electron chi connectivity index (χ1n) is 17.2. The first kappa shape index (κ1) is 36.8. The summed E-state index contributed by atoms with van der Waals surface area (Å²) in [5.74, 6) is -0.450. The Morgan fingerprint density at radius 1 is 0.923 bits per heavy atom. The number of aryl methyl sites for hydroxylation is 1. The standard InChI is InChI=1S/C40H43N5O5SSi/c1-26-41-38(51-44-26)35(25-50-52(40(3,4)5,30-13-8-6-9-14-30)31-15-10-7-11-16-31)43-37(48)36(24-46)45-23-34-32(17-12-18-33(34)39(45)49)28-19-21-29(22-20-28)42-27(2)47/h6-22,35-36,46H,23-25H2,1-5H3,(H,42,47)(H,43,48). The number of aromatic nitrogens is 2. The van der Waals surface area contributed by atoms with Crippen LogP contribution in [0.3, 0.4) is 0 Å². The van der Waals surface area contributed by atoms with E-state index in [0.717, 1.165) is 27.1 Å². The minimum absolute atomic E-state index is 0.0958. The van der Waals surface area contributed by atoms with E-state index < -0.39 is 32.9 Å². The second-order valence-electron chi connectivity index (χ2n) is 13.9. The number of fused-ring (bicyclic) bond motifs is 1. The highest BCUT2D eigenvalue weighted by atomic mass is 32.1. The lowest BCUT2D eigenvalue weighted by atomic mass is 9.97. The second-order valence-corrected chi connectivity index (χ2v) is 19.0.